The van der Waals surface area contributed by atoms with Gasteiger partial charge in [-0.15, -0.1) is 11.3 Å². The fourth-order valence-corrected chi connectivity index (χ4v) is 4.27. The Balaban J connectivity index is 1.89. The van der Waals surface area contributed by atoms with Crippen molar-refractivity contribution in [2.45, 2.75) is 19.8 Å². The molecule has 4 aromatic rings. The van der Waals surface area contributed by atoms with Crippen LogP contribution in [0, 0.1) is 0 Å². The number of rotatable bonds is 6. The first-order valence-corrected chi connectivity index (χ1v) is 10.4. The van der Waals surface area contributed by atoms with Crippen molar-refractivity contribution in [2.75, 3.05) is 6.61 Å². The predicted molar refractivity (Wildman–Crippen MR) is 117 cm³/mol. The molecule has 146 valence electrons. The van der Waals surface area contributed by atoms with E-state index in [9.17, 15) is 9.90 Å². The fraction of sp³-hybridized carbons (Fsp3) is 0.167. The number of carbonyl (C=O) groups is 1. The molecule has 0 aliphatic carbocycles. The zero-order valence-corrected chi connectivity index (χ0v) is 16.9. The summed E-state index contributed by atoms with van der Waals surface area (Å²) in [6, 6.07) is 21.7. The summed E-state index contributed by atoms with van der Waals surface area (Å²) in [5.74, 6) is -0.710. The van der Waals surface area contributed by atoms with E-state index in [4.69, 9.17) is 4.74 Å². The predicted octanol–water partition coefficient (Wildman–Crippen LogP) is 6.29. The quantitative estimate of drug-likeness (QED) is 0.303. The summed E-state index contributed by atoms with van der Waals surface area (Å²) in [5.41, 5.74) is 2.57. The van der Waals surface area contributed by atoms with Crippen LogP contribution >= 0.6 is 11.3 Å². The Hall–Kier alpha value is -3.18. The Bertz CT molecular complexity index is 1140. The van der Waals surface area contributed by atoms with Gasteiger partial charge in [-0.1, -0.05) is 74.0 Å². The van der Waals surface area contributed by atoms with Gasteiger partial charge in [0.05, 0.1) is 17.0 Å². The van der Waals surface area contributed by atoms with Gasteiger partial charge in [-0.3, -0.25) is 0 Å². The Morgan fingerprint density at radius 3 is 2.34 bits per heavy atom. The van der Waals surface area contributed by atoms with Crippen molar-refractivity contribution in [1.29, 1.82) is 0 Å². The lowest BCUT2D eigenvalue weighted by Crippen LogP contribution is -2.09. The second-order valence-corrected chi connectivity index (χ2v) is 7.78. The minimum Gasteiger partial charge on any atom is -0.504 e. The Kier molecular flexibility index (Phi) is 5.58. The van der Waals surface area contributed by atoms with Crippen LogP contribution < -0.4 is 0 Å². The van der Waals surface area contributed by atoms with Crippen molar-refractivity contribution >= 4 is 27.4 Å². The maximum atomic E-state index is 12.6. The van der Waals surface area contributed by atoms with Crippen molar-refractivity contribution in [3.05, 3.63) is 72.4 Å². The number of hydrogen-bond donors (Lipinski definition) is 1. The van der Waals surface area contributed by atoms with Crippen LogP contribution in [0.1, 0.15) is 30.3 Å². The Morgan fingerprint density at radius 2 is 1.69 bits per heavy atom. The van der Waals surface area contributed by atoms with Crippen LogP contribution in [-0.4, -0.2) is 22.7 Å². The van der Waals surface area contributed by atoms with Crippen LogP contribution in [0.15, 0.2) is 66.7 Å². The number of nitrogens with zero attached hydrogens (tertiary/aromatic N) is 1. The molecule has 0 unspecified atom stereocenters. The van der Waals surface area contributed by atoms with E-state index >= 15 is 0 Å². The fourth-order valence-electron chi connectivity index (χ4n) is 3.16. The Morgan fingerprint density at radius 1 is 1.03 bits per heavy atom. The second kappa shape index (κ2) is 8.45. The number of carbonyl (C=O) groups excluding carboxylic acids is 1. The van der Waals surface area contributed by atoms with E-state index in [2.05, 4.69) is 4.98 Å². The number of ether oxygens (including phenoxy) is 1. The minimum atomic E-state index is -0.593. The lowest BCUT2D eigenvalue weighted by molar-refractivity contribution is 0.0490. The zero-order valence-electron chi connectivity index (χ0n) is 16.1. The highest BCUT2D eigenvalue weighted by atomic mass is 32.1. The molecule has 2 aromatic heterocycles. The lowest BCUT2D eigenvalue weighted by atomic mass is 10.1. The van der Waals surface area contributed by atoms with Crippen LogP contribution in [0.2, 0.25) is 0 Å². The summed E-state index contributed by atoms with van der Waals surface area (Å²) in [7, 11) is 0. The van der Waals surface area contributed by atoms with Crippen LogP contribution in [0.4, 0.5) is 0 Å². The number of thiophene rings is 1. The van der Waals surface area contributed by atoms with Gasteiger partial charge in [-0.25, -0.2) is 9.78 Å². The third kappa shape index (κ3) is 3.87. The molecule has 1 N–H and O–H groups in total. The van der Waals surface area contributed by atoms with Crippen molar-refractivity contribution in [3.63, 3.8) is 0 Å². The van der Waals surface area contributed by atoms with Gasteiger partial charge in [0.15, 0.2) is 11.4 Å². The topological polar surface area (TPSA) is 59.4 Å². The summed E-state index contributed by atoms with van der Waals surface area (Å²) in [4.78, 5) is 18.1. The molecule has 29 heavy (non-hydrogen) atoms. The summed E-state index contributed by atoms with van der Waals surface area (Å²) in [5, 5.41) is 11.7. The zero-order chi connectivity index (χ0) is 20.2. The van der Waals surface area contributed by atoms with Crippen molar-refractivity contribution in [2.24, 2.45) is 0 Å². The van der Waals surface area contributed by atoms with E-state index in [1.165, 1.54) is 11.3 Å². The van der Waals surface area contributed by atoms with Gasteiger partial charge in [0.25, 0.3) is 0 Å². The molecule has 0 bridgehead atoms. The summed E-state index contributed by atoms with van der Waals surface area (Å²) >= 11 is 1.45. The highest BCUT2D eigenvalue weighted by molar-refractivity contribution is 7.22. The molecule has 0 spiro atoms. The highest BCUT2D eigenvalue weighted by Gasteiger charge is 2.23. The minimum absolute atomic E-state index is 0.0334. The molecule has 0 saturated heterocycles. The lowest BCUT2D eigenvalue weighted by Gasteiger charge is -2.09. The molecule has 0 amide bonds. The van der Waals surface area contributed by atoms with E-state index < -0.39 is 5.97 Å². The molecule has 0 aliphatic heterocycles. The standard InChI is InChI=1S/C24H21NO3S/c1-2-3-14-28-24(27)21-22(26)23-18(20(25-21)17-12-8-5-9-13-17)15-19(29-23)16-10-6-4-7-11-16/h4-13,15,26H,2-3,14H2,1H3. The molecular weight excluding hydrogens is 382 g/mol. The maximum absolute atomic E-state index is 12.6. The van der Waals surface area contributed by atoms with Crippen molar-refractivity contribution in [1.82, 2.24) is 4.98 Å². The van der Waals surface area contributed by atoms with E-state index in [0.29, 0.717) is 17.0 Å². The molecule has 2 aromatic carbocycles. The molecule has 0 saturated carbocycles. The first-order valence-electron chi connectivity index (χ1n) is 9.63. The average molecular weight is 404 g/mol. The number of aromatic nitrogens is 1. The van der Waals surface area contributed by atoms with Crippen molar-refractivity contribution < 1.29 is 14.6 Å². The number of fused-ring (bicyclic) bond motifs is 1. The van der Waals surface area contributed by atoms with Crippen LogP contribution in [0.25, 0.3) is 31.8 Å². The highest BCUT2D eigenvalue weighted by Crippen LogP contribution is 2.43. The van der Waals surface area contributed by atoms with Gasteiger partial charge in [0.1, 0.15) is 0 Å². The molecule has 4 nitrogen and oxygen atoms in total. The molecule has 0 atom stereocenters. The normalized spacial score (nSPS) is 10.9. The Labute approximate surface area is 173 Å². The summed E-state index contributed by atoms with van der Waals surface area (Å²) in [6.45, 7) is 2.34. The van der Waals surface area contributed by atoms with Gasteiger partial charge in [-0.2, -0.15) is 0 Å². The van der Waals surface area contributed by atoms with Crippen LogP contribution in [-0.2, 0) is 4.74 Å². The summed E-state index contributed by atoms with van der Waals surface area (Å²) < 4.78 is 5.96. The number of aromatic hydroxyl groups is 1. The van der Waals surface area contributed by atoms with Gasteiger partial charge >= 0.3 is 5.97 Å². The molecule has 0 fully saturated rings. The molecule has 4 rings (SSSR count). The van der Waals surface area contributed by atoms with E-state index in [0.717, 1.165) is 34.2 Å². The number of unbranched alkanes of at least 4 members (excludes halogenated alkanes) is 1. The largest absolute Gasteiger partial charge is 0.504 e. The number of benzene rings is 2. The molecular formula is C24H21NO3S. The van der Waals surface area contributed by atoms with Gasteiger partial charge < -0.3 is 9.84 Å². The second-order valence-electron chi connectivity index (χ2n) is 6.73. The maximum Gasteiger partial charge on any atom is 0.360 e. The van der Waals surface area contributed by atoms with Gasteiger partial charge in [0.2, 0.25) is 0 Å². The number of hydrogen-bond acceptors (Lipinski definition) is 5. The molecule has 2 heterocycles. The SMILES string of the molecule is CCCCOC(=O)c1nc(-c2ccccc2)c2cc(-c3ccccc3)sc2c1O. The number of esters is 1. The summed E-state index contributed by atoms with van der Waals surface area (Å²) in [6.07, 6.45) is 1.70. The first-order chi connectivity index (χ1) is 14.2. The first kappa shape index (κ1) is 19.2. The molecule has 5 heteroatoms. The van der Waals surface area contributed by atoms with Gasteiger partial charge in [-0.05, 0) is 18.1 Å². The van der Waals surface area contributed by atoms with E-state index in [1.54, 1.807) is 0 Å². The van der Waals surface area contributed by atoms with E-state index in [1.807, 2.05) is 73.7 Å². The third-order valence-electron chi connectivity index (χ3n) is 4.68. The third-order valence-corrected chi connectivity index (χ3v) is 5.87. The van der Waals surface area contributed by atoms with Crippen LogP contribution in [0.3, 0.4) is 0 Å². The van der Waals surface area contributed by atoms with Gasteiger partial charge in [0, 0.05) is 15.8 Å². The smallest absolute Gasteiger partial charge is 0.360 e. The van der Waals surface area contributed by atoms with E-state index in [-0.39, 0.29) is 11.4 Å². The molecule has 0 radical (unpaired) electrons. The number of pyridine rings is 1. The van der Waals surface area contributed by atoms with Crippen LogP contribution in [0.5, 0.6) is 5.75 Å². The van der Waals surface area contributed by atoms with Crippen molar-refractivity contribution in [3.8, 4) is 27.4 Å². The molecule has 0 aliphatic rings. The monoisotopic (exact) mass is 403 g/mol. The average Bonchev–Trinajstić information content (AvgIpc) is 3.21.